The Morgan fingerprint density at radius 3 is 2.76 bits per heavy atom. The number of aromatic amines is 1. The number of H-pyrrole nitrogens is 1. The van der Waals surface area contributed by atoms with Crippen LogP contribution in [0.3, 0.4) is 0 Å². The van der Waals surface area contributed by atoms with Gasteiger partial charge in [0.25, 0.3) is 0 Å². The summed E-state index contributed by atoms with van der Waals surface area (Å²) in [4.78, 5) is 5.87. The number of halogens is 1. The second-order valence-corrected chi connectivity index (χ2v) is 5.71. The van der Waals surface area contributed by atoms with E-state index < -0.39 is 0 Å². The SMILES string of the molecule is Clc1ccccc1CN1CC=Cc2c1[nH]c1ccccc21. The second-order valence-electron chi connectivity index (χ2n) is 5.31. The van der Waals surface area contributed by atoms with Gasteiger partial charge in [0, 0.05) is 34.6 Å². The number of fused-ring (bicyclic) bond motifs is 3. The topological polar surface area (TPSA) is 19.0 Å². The Kier molecular flexibility index (Phi) is 2.97. The fourth-order valence-electron chi connectivity index (χ4n) is 2.93. The van der Waals surface area contributed by atoms with E-state index in [1.54, 1.807) is 0 Å². The van der Waals surface area contributed by atoms with Crippen molar-refractivity contribution in [1.82, 2.24) is 4.98 Å². The molecule has 0 bridgehead atoms. The fraction of sp³-hybridized carbons (Fsp3) is 0.111. The quantitative estimate of drug-likeness (QED) is 0.715. The summed E-state index contributed by atoms with van der Waals surface area (Å²) in [6.07, 6.45) is 4.41. The molecule has 3 aromatic rings. The van der Waals surface area contributed by atoms with Crippen LogP contribution in [-0.2, 0) is 6.54 Å². The highest BCUT2D eigenvalue weighted by atomic mass is 35.5. The first kappa shape index (κ1) is 12.5. The smallest absolute Gasteiger partial charge is 0.114 e. The monoisotopic (exact) mass is 294 g/mol. The first-order chi connectivity index (χ1) is 10.3. The molecule has 1 aromatic heterocycles. The molecule has 0 saturated carbocycles. The number of para-hydroxylation sites is 1. The predicted molar refractivity (Wildman–Crippen MR) is 89.8 cm³/mol. The lowest BCUT2D eigenvalue weighted by molar-refractivity contribution is 0.847. The third-order valence-corrected chi connectivity index (χ3v) is 4.34. The van der Waals surface area contributed by atoms with Crippen molar-refractivity contribution in [3.63, 3.8) is 0 Å². The lowest BCUT2D eigenvalue weighted by Gasteiger charge is -2.26. The number of aromatic nitrogens is 1. The average Bonchev–Trinajstić information content (AvgIpc) is 2.89. The molecule has 0 spiro atoms. The molecule has 0 unspecified atom stereocenters. The minimum Gasteiger partial charge on any atom is -0.350 e. The summed E-state index contributed by atoms with van der Waals surface area (Å²) in [6.45, 7) is 1.70. The maximum atomic E-state index is 6.29. The number of hydrogen-bond acceptors (Lipinski definition) is 1. The average molecular weight is 295 g/mol. The number of benzene rings is 2. The Balaban J connectivity index is 1.77. The minimum absolute atomic E-state index is 0.809. The van der Waals surface area contributed by atoms with E-state index >= 15 is 0 Å². The molecule has 0 fully saturated rings. The summed E-state index contributed by atoms with van der Waals surface area (Å²) in [5.41, 5.74) is 3.60. The number of hydrogen-bond donors (Lipinski definition) is 1. The van der Waals surface area contributed by atoms with Crippen LogP contribution in [0.25, 0.3) is 17.0 Å². The predicted octanol–water partition coefficient (Wildman–Crippen LogP) is 4.85. The highest BCUT2D eigenvalue weighted by Gasteiger charge is 2.18. The van der Waals surface area contributed by atoms with Crippen molar-refractivity contribution >= 4 is 34.4 Å². The van der Waals surface area contributed by atoms with Crippen LogP contribution in [0.1, 0.15) is 11.1 Å². The Bertz CT molecular complexity index is 832. The van der Waals surface area contributed by atoms with Crippen LogP contribution in [0.4, 0.5) is 5.82 Å². The molecular weight excluding hydrogens is 280 g/mol. The fourth-order valence-corrected chi connectivity index (χ4v) is 3.13. The molecule has 0 amide bonds. The van der Waals surface area contributed by atoms with E-state index in [4.69, 9.17) is 11.6 Å². The lowest BCUT2D eigenvalue weighted by Crippen LogP contribution is -2.25. The molecule has 0 aliphatic carbocycles. The molecule has 2 aromatic carbocycles. The minimum atomic E-state index is 0.809. The van der Waals surface area contributed by atoms with Crippen molar-refractivity contribution in [3.05, 3.63) is 70.8 Å². The van der Waals surface area contributed by atoms with E-state index in [9.17, 15) is 0 Å². The van der Waals surface area contributed by atoms with Crippen LogP contribution in [0.5, 0.6) is 0 Å². The maximum absolute atomic E-state index is 6.29. The summed E-state index contributed by atoms with van der Waals surface area (Å²) in [5, 5.41) is 2.09. The van der Waals surface area contributed by atoms with Crippen molar-refractivity contribution in [2.24, 2.45) is 0 Å². The van der Waals surface area contributed by atoms with E-state index in [0.29, 0.717) is 0 Å². The van der Waals surface area contributed by atoms with Crippen LogP contribution in [-0.4, -0.2) is 11.5 Å². The van der Waals surface area contributed by atoms with Crippen LogP contribution < -0.4 is 4.90 Å². The van der Waals surface area contributed by atoms with Gasteiger partial charge >= 0.3 is 0 Å². The lowest BCUT2D eigenvalue weighted by atomic mass is 10.1. The van der Waals surface area contributed by atoms with Gasteiger partial charge in [-0.2, -0.15) is 0 Å². The molecular formula is C18H15ClN2. The molecule has 1 N–H and O–H groups in total. The van der Waals surface area contributed by atoms with E-state index in [2.05, 4.69) is 52.4 Å². The zero-order valence-electron chi connectivity index (χ0n) is 11.5. The third kappa shape index (κ3) is 2.12. The molecule has 4 rings (SSSR count). The molecule has 1 aliphatic rings. The van der Waals surface area contributed by atoms with Gasteiger partial charge in [0.05, 0.1) is 0 Å². The normalized spacial score (nSPS) is 13.7. The van der Waals surface area contributed by atoms with Gasteiger partial charge in [-0.3, -0.25) is 0 Å². The molecule has 0 saturated heterocycles. The summed E-state index contributed by atoms with van der Waals surface area (Å²) < 4.78 is 0. The van der Waals surface area contributed by atoms with Gasteiger partial charge in [0.1, 0.15) is 5.82 Å². The Morgan fingerprint density at radius 1 is 1.05 bits per heavy atom. The summed E-state index contributed by atoms with van der Waals surface area (Å²) in [7, 11) is 0. The zero-order chi connectivity index (χ0) is 14.2. The highest BCUT2D eigenvalue weighted by Crippen LogP contribution is 2.34. The molecule has 0 atom stereocenters. The van der Waals surface area contributed by atoms with Crippen molar-refractivity contribution in [3.8, 4) is 0 Å². The molecule has 2 heterocycles. The van der Waals surface area contributed by atoms with Crippen molar-refractivity contribution < 1.29 is 0 Å². The first-order valence-corrected chi connectivity index (χ1v) is 7.46. The van der Waals surface area contributed by atoms with Crippen LogP contribution in [0, 0.1) is 0 Å². The van der Waals surface area contributed by atoms with Gasteiger partial charge in [-0.15, -0.1) is 0 Å². The van der Waals surface area contributed by atoms with Crippen molar-refractivity contribution in [2.75, 3.05) is 11.4 Å². The number of rotatable bonds is 2. The van der Waals surface area contributed by atoms with Gasteiger partial charge in [0.2, 0.25) is 0 Å². The molecule has 3 heteroatoms. The standard InChI is InChI=1S/C18H15ClN2/c19-16-9-3-1-6-13(16)12-21-11-5-8-15-14-7-2-4-10-17(14)20-18(15)21/h1-10,20H,11-12H2. The highest BCUT2D eigenvalue weighted by molar-refractivity contribution is 6.31. The van der Waals surface area contributed by atoms with Crippen molar-refractivity contribution in [1.29, 1.82) is 0 Å². The van der Waals surface area contributed by atoms with Gasteiger partial charge in [-0.1, -0.05) is 60.2 Å². The van der Waals surface area contributed by atoms with E-state index in [1.165, 1.54) is 22.3 Å². The van der Waals surface area contributed by atoms with Crippen LogP contribution in [0.15, 0.2) is 54.6 Å². The van der Waals surface area contributed by atoms with E-state index in [-0.39, 0.29) is 0 Å². The second kappa shape index (κ2) is 4.97. The number of anilines is 1. The molecule has 21 heavy (non-hydrogen) atoms. The largest absolute Gasteiger partial charge is 0.350 e. The van der Waals surface area contributed by atoms with E-state index in [0.717, 1.165) is 23.7 Å². The van der Waals surface area contributed by atoms with E-state index in [1.807, 2.05) is 18.2 Å². The van der Waals surface area contributed by atoms with Crippen molar-refractivity contribution in [2.45, 2.75) is 6.54 Å². The molecule has 0 radical (unpaired) electrons. The van der Waals surface area contributed by atoms with Gasteiger partial charge in [0.15, 0.2) is 0 Å². The van der Waals surface area contributed by atoms with Crippen LogP contribution >= 0.6 is 11.6 Å². The number of nitrogens with zero attached hydrogens (tertiary/aromatic N) is 1. The molecule has 2 nitrogen and oxygen atoms in total. The van der Waals surface area contributed by atoms with Gasteiger partial charge < -0.3 is 9.88 Å². The summed E-state index contributed by atoms with van der Waals surface area (Å²) >= 11 is 6.29. The Labute approximate surface area is 128 Å². The van der Waals surface area contributed by atoms with Gasteiger partial charge in [-0.25, -0.2) is 0 Å². The summed E-state index contributed by atoms with van der Waals surface area (Å²) in [5.74, 6) is 1.18. The summed E-state index contributed by atoms with van der Waals surface area (Å²) in [6, 6.07) is 16.5. The first-order valence-electron chi connectivity index (χ1n) is 7.08. The zero-order valence-corrected chi connectivity index (χ0v) is 12.3. The Hall–Kier alpha value is -2.19. The van der Waals surface area contributed by atoms with Gasteiger partial charge in [-0.05, 0) is 17.7 Å². The molecule has 1 aliphatic heterocycles. The molecule has 104 valence electrons. The number of nitrogens with one attached hydrogen (secondary N) is 1. The Morgan fingerprint density at radius 2 is 1.86 bits per heavy atom. The van der Waals surface area contributed by atoms with Crippen LogP contribution in [0.2, 0.25) is 5.02 Å². The maximum Gasteiger partial charge on any atom is 0.114 e. The third-order valence-electron chi connectivity index (χ3n) is 3.97.